The Morgan fingerprint density at radius 2 is 1.29 bits per heavy atom. The van der Waals surface area contributed by atoms with Crippen molar-refractivity contribution >= 4 is 0 Å². The van der Waals surface area contributed by atoms with E-state index < -0.39 is 0 Å². The van der Waals surface area contributed by atoms with E-state index in [-0.39, 0.29) is 21.7 Å². The molecule has 0 atom stereocenters. The Hall–Kier alpha value is -0.586. The zero-order valence-corrected chi connectivity index (χ0v) is 12.8. The van der Waals surface area contributed by atoms with Crippen LogP contribution in [0.15, 0.2) is 48.5 Å². The molecule has 96 valence electrons. The van der Waals surface area contributed by atoms with Gasteiger partial charge in [0, 0.05) is 21.7 Å². The maximum Gasteiger partial charge on any atom is 0 e. The predicted octanol–water partition coefficient (Wildman–Crippen LogP) is 5.06. The molecule has 0 aliphatic heterocycles. The third-order valence-electron chi connectivity index (χ3n) is 2.71. The van der Waals surface area contributed by atoms with Crippen molar-refractivity contribution in [2.75, 3.05) is 0 Å². The summed E-state index contributed by atoms with van der Waals surface area (Å²) in [6.07, 6.45) is 0. The van der Waals surface area contributed by atoms with Gasteiger partial charge in [-0.25, -0.2) is 18.1 Å². The molecule has 0 N–H and O–H groups in total. The molecule has 0 amide bonds. The molecule has 2 rings (SSSR count). The van der Waals surface area contributed by atoms with E-state index in [2.05, 4.69) is 76.2 Å². The van der Waals surface area contributed by atoms with Crippen molar-refractivity contribution in [1.29, 1.82) is 0 Å². The van der Waals surface area contributed by atoms with Gasteiger partial charge in [-0.15, -0.1) is 0 Å². The molecule has 0 saturated heterocycles. The van der Waals surface area contributed by atoms with Gasteiger partial charge in [0.2, 0.25) is 0 Å². The van der Waals surface area contributed by atoms with Crippen LogP contribution in [0.1, 0.15) is 50.7 Å². The molecule has 0 fully saturated rings. The summed E-state index contributed by atoms with van der Waals surface area (Å²) in [5.74, 6) is 1.37. The quantitative estimate of drug-likeness (QED) is 0.524. The van der Waals surface area contributed by atoms with Crippen molar-refractivity contribution in [3.05, 3.63) is 59.7 Å². The first kappa shape index (κ1) is 16.4. The van der Waals surface area contributed by atoms with E-state index >= 15 is 0 Å². The molecule has 17 heavy (non-hydrogen) atoms. The van der Waals surface area contributed by atoms with Gasteiger partial charge in [0.25, 0.3) is 0 Å². The smallest absolute Gasteiger partial charge is 0 e. The van der Waals surface area contributed by atoms with Crippen LogP contribution in [0.3, 0.4) is 0 Å². The minimum atomic E-state index is 0. The van der Waals surface area contributed by atoms with Gasteiger partial charge in [0.05, 0.1) is 0 Å². The normalized spacial score (nSPS) is 9.76. The molecule has 0 saturated carbocycles. The third kappa shape index (κ3) is 6.05. The fourth-order valence-corrected chi connectivity index (χ4v) is 1.55. The van der Waals surface area contributed by atoms with E-state index in [0.717, 1.165) is 0 Å². The molecule has 1 heteroatoms. The summed E-state index contributed by atoms with van der Waals surface area (Å²) in [6.45, 7) is 8.81. The van der Waals surface area contributed by atoms with Crippen LogP contribution in [0.25, 0.3) is 0 Å². The van der Waals surface area contributed by atoms with Gasteiger partial charge in [0.1, 0.15) is 0 Å². The van der Waals surface area contributed by atoms with Gasteiger partial charge in [-0.05, 0) is 0 Å². The SMILES string of the molecule is CC(C)[c-]1[cH-][cH-][cH-][cH-]1.CC(C)[c-]1cccc1.[Ti]. The van der Waals surface area contributed by atoms with E-state index in [1.165, 1.54) is 11.1 Å². The molecule has 0 heterocycles. The Kier molecular flexibility index (Phi) is 8.20. The van der Waals surface area contributed by atoms with Crippen LogP contribution >= 0.6 is 0 Å². The van der Waals surface area contributed by atoms with Crippen molar-refractivity contribution in [1.82, 2.24) is 0 Å². The van der Waals surface area contributed by atoms with Gasteiger partial charge >= 0.3 is 0 Å². The average molecular weight is 262 g/mol. The summed E-state index contributed by atoms with van der Waals surface area (Å²) in [7, 11) is 0. The molecule has 0 spiro atoms. The van der Waals surface area contributed by atoms with Gasteiger partial charge in [-0.2, -0.15) is 17.7 Å². The fourth-order valence-electron chi connectivity index (χ4n) is 1.55. The van der Waals surface area contributed by atoms with Crippen LogP contribution in [0.4, 0.5) is 0 Å². The Bertz CT molecular complexity index is 314. The zero-order valence-electron chi connectivity index (χ0n) is 11.3. The molecule has 0 radical (unpaired) electrons. The van der Waals surface area contributed by atoms with E-state index in [4.69, 9.17) is 0 Å². The summed E-state index contributed by atoms with van der Waals surface area (Å²) in [6, 6.07) is 16.9. The number of hydrogen-bond acceptors (Lipinski definition) is 0. The van der Waals surface area contributed by atoms with Crippen molar-refractivity contribution in [2.45, 2.75) is 39.5 Å². The van der Waals surface area contributed by atoms with Gasteiger partial charge < -0.3 is 29.8 Å². The fraction of sp³-hybridized carbons (Fsp3) is 0.375. The Balaban J connectivity index is 0.000000284. The van der Waals surface area contributed by atoms with Gasteiger partial charge in [-0.1, -0.05) is 33.6 Å². The molecule has 0 aliphatic carbocycles. The van der Waals surface area contributed by atoms with Crippen molar-refractivity contribution in [2.24, 2.45) is 0 Å². The van der Waals surface area contributed by atoms with E-state index in [1.807, 2.05) is 0 Å². The Morgan fingerprint density at radius 3 is 1.53 bits per heavy atom. The van der Waals surface area contributed by atoms with Crippen LogP contribution in [0, 0.1) is 0 Å². The monoisotopic (exact) mass is 262 g/mol. The first-order valence-corrected chi connectivity index (χ1v) is 6.04. The maximum atomic E-state index is 2.20. The minimum absolute atomic E-state index is 0. The van der Waals surface area contributed by atoms with Crippen LogP contribution in [0.2, 0.25) is 0 Å². The van der Waals surface area contributed by atoms with Crippen molar-refractivity contribution < 1.29 is 21.7 Å². The second-order valence-corrected chi connectivity index (χ2v) is 4.75. The molecule has 0 aromatic heterocycles. The molecule has 0 bridgehead atoms. The van der Waals surface area contributed by atoms with Crippen molar-refractivity contribution in [3.8, 4) is 0 Å². The van der Waals surface area contributed by atoms with Crippen LogP contribution in [-0.2, 0) is 21.7 Å². The van der Waals surface area contributed by atoms with Gasteiger partial charge in [0.15, 0.2) is 0 Å². The van der Waals surface area contributed by atoms with E-state index in [0.29, 0.717) is 11.8 Å². The van der Waals surface area contributed by atoms with Crippen molar-refractivity contribution in [3.63, 3.8) is 0 Å². The summed E-state index contributed by atoms with van der Waals surface area (Å²) >= 11 is 0. The van der Waals surface area contributed by atoms with E-state index in [1.54, 1.807) is 0 Å². The topological polar surface area (TPSA) is 0 Å². The first-order chi connectivity index (χ1) is 7.61. The summed E-state index contributed by atoms with van der Waals surface area (Å²) < 4.78 is 0. The predicted molar refractivity (Wildman–Crippen MR) is 72.2 cm³/mol. The molecule has 0 nitrogen and oxygen atoms in total. The molecular weight excluding hydrogens is 240 g/mol. The van der Waals surface area contributed by atoms with Crippen LogP contribution < -0.4 is 0 Å². The minimum Gasteiger partial charge on any atom is -0.748 e. The Labute approximate surface area is 121 Å². The molecule has 2 aromatic rings. The van der Waals surface area contributed by atoms with Gasteiger partial charge in [-0.3, -0.25) is 0 Å². The summed E-state index contributed by atoms with van der Waals surface area (Å²) in [4.78, 5) is 0. The molecule has 0 aliphatic rings. The summed E-state index contributed by atoms with van der Waals surface area (Å²) in [5.41, 5.74) is 2.87. The first-order valence-electron chi connectivity index (χ1n) is 6.04. The maximum absolute atomic E-state index is 2.20. The standard InChI is InChI=1S/2C8H11.Ti/c2*1-7(2)8-5-3-4-6-8;/h2*3-7H,1-2H3;/q-5;-1;. The van der Waals surface area contributed by atoms with Crippen LogP contribution in [-0.4, -0.2) is 0 Å². The molecule has 2 aromatic carbocycles. The van der Waals surface area contributed by atoms with E-state index in [9.17, 15) is 0 Å². The van der Waals surface area contributed by atoms with Crippen LogP contribution in [0.5, 0.6) is 0 Å². The Morgan fingerprint density at radius 1 is 0.824 bits per heavy atom. The number of hydrogen-bond donors (Lipinski definition) is 0. The number of rotatable bonds is 2. The zero-order chi connectivity index (χ0) is 12.0. The second kappa shape index (κ2) is 8.50. The molecule has 0 unspecified atom stereocenters. The second-order valence-electron chi connectivity index (χ2n) is 4.75. The largest absolute Gasteiger partial charge is 0.748 e. The molecular formula is C16H22Ti-6. The average Bonchev–Trinajstić information content (AvgIpc) is 2.93. The third-order valence-corrected chi connectivity index (χ3v) is 2.71. The summed E-state index contributed by atoms with van der Waals surface area (Å²) in [5, 5.41) is 0.